The zero-order valence-electron chi connectivity index (χ0n) is 11.8. The quantitative estimate of drug-likeness (QED) is 0.904. The topological polar surface area (TPSA) is 34.1 Å². The summed E-state index contributed by atoms with van der Waals surface area (Å²) in [4.78, 5) is 4.51. The molecule has 0 aliphatic carbocycles. The maximum absolute atomic E-state index is 5.58. The second-order valence-electron chi connectivity index (χ2n) is 5.11. The molecule has 0 radical (unpaired) electrons. The zero-order chi connectivity index (χ0) is 13.8. The molecule has 0 fully saturated rings. The molecule has 104 valence electrons. The van der Waals surface area contributed by atoms with Gasteiger partial charge in [0.15, 0.2) is 0 Å². The highest BCUT2D eigenvalue weighted by Crippen LogP contribution is 2.30. The van der Waals surface area contributed by atoms with Crippen molar-refractivity contribution in [3.8, 4) is 5.75 Å². The lowest BCUT2D eigenvalue weighted by Gasteiger charge is -2.19. The Morgan fingerprint density at radius 1 is 1.30 bits per heavy atom. The fraction of sp³-hybridized carbons (Fsp3) is 0.353. The molecule has 2 aromatic rings. The van der Waals surface area contributed by atoms with Crippen molar-refractivity contribution in [3.63, 3.8) is 0 Å². The predicted molar refractivity (Wildman–Crippen MR) is 80.0 cm³/mol. The summed E-state index contributed by atoms with van der Waals surface area (Å²) >= 11 is 0. The molecular weight excluding hydrogens is 248 g/mol. The van der Waals surface area contributed by atoms with Crippen molar-refractivity contribution in [1.82, 2.24) is 10.3 Å². The lowest BCUT2D eigenvalue weighted by atomic mass is 9.99. The van der Waals surface area contributed by atoms with Gasteiger partial charge in [0.1, 0.15) is 5.75 Å². The van der Waals surface area contributed by atoms with Crippen LogP contribution in [0.5, 0.6) is 5.75 Å². The van der Waals surface area contributed by atoms with E-state index in [1.165, 1.54) is 11.1 Å². The minimum Gasteiger partial charge on any atom is -0.493 e. The smallest absolute Gasteiger partial charge is 0.122 e. The minimum atomic E-state index is 0.155. The van der Waals surface area contributed by atoms with Crippen LogP contribution in [0.2, 0.25) is 0 Å². The summed E-state index contributed by atoms with van der Waals surface area (Å²) in [5, 5.41) is 3.59. The molecule has 1 aliphatic heterocycles. The van der Waals surface area contributed by atoms with Crippen molar-refractivity contribution in [2.24, 2.45) is 0 Å². The number of pyridine rings is 1. The van der Waals surface area contributed by atoms with Gasteiger partial charge in [-0.2, -0.15) is 0 Å². The Balaban J connectivity index is 1.92. The Hall–Kier alpha value is -1.87. The lowest BCUT2D eigenvalue weighted by Crippen LogP contribution is -2.24. The van der Waals surface area contributed by atoms with Gasteiger partial charge in [0, 0.05) is 12.6 Å². The fourth-order valence-corrected chi connectivity index (χ4v) is 2.61. The Morgan fingerprint density at radius 3 is 3.05 bits per heavy atom. The first kappa shape index (κ1) is 13.1. The Morgan fingerprint density at radius 2 is 2.25 bits per heavy atom. The Kier molecular flexibility index (Phi) is 3.97. The number of nitrogens with zero attached hydrogens (tertiary/aromatic N) is 1. The molecule has 1 aliphatic rings. The highest BCUT2D eigenvalue weighted by Gasteiger charge is 2.18. The largest absolute Gasteiger partial charge is 0.493 e. The summed E-state index contributed by atoms with van der Waals surface area (Å²) in [6.45, 7) is 3.96. The monoisotopic (exact) mass is 268 g/mol. The van der Waals surface area contributed by atoms with Gasteiger partial charge in [0.25, 0.3) is 0 Å². The van der Waals surface area contributed by atoms with E-state index in [2.05, 4.69) is 41.5 Å². The van der Waals surface area contributed by atoms with Crippen molar-refractivity contribution in [1.29, 1.82) is 0 Å². The van der Waals surface area contributed by atoms with Crippen LogP contribution in [0.25, 0.3) is 0 Å². The van der Waals surface area contributed by atoms with Gasteiger partial charge in [0.2, 0.25) is 0 Å². The van der Waals surface area contributed by atoms with Crippen LogP contribution in [0.1, 0.15) is 36.2 Å². The van der Waals surface area contributed by atoms with Crippen LogP contribution in [0, 0.1) is 0 Å². The molecule has 3 heteroatoms. The molecule has 0 amide bonds. The number of ether oxygens (including phenoxy) is 1. The van der Waals surface area contributed by atoms with E-state index in [4.69, 9.17) is 4.74 Å². The lowest BCUT2D eigenvalue weighted by molar-refractivity contribution is 0.357. The summed E-state index contributed by atoms with van der Waals surface area (Å²) in [5.41, 5.74) is 3.64. The molecule has 3 nitrogen and oxygen atoms in total. The van der Waals surface area contributed by atoms with Gasteiger partial charge in [-0.1, -0.05) is 25.1 Å². The van der Waals surface area contributed by atoms with E-state index in [0.717, 1.165) is 37.4 Å². The molecule has 0 saturated heterocycles. The van der Waals surface area contributed by atoms with Gasteiger partial charge in [-0.25, -0.2) is 0 Å². The van der Waals surface area contributed by atoms with Crippen LogP contribution in [-0.2, 0) is 6.42 Å². The molecule has 1 aromatic carbocycles. The van der Waals surface area contributed by atoms with E-state index in [1.54, 1.807) is 0 Å². The van der Waals surface area contributed by atoms with Gasteiger partial charge in [-0.3, -0.25) is 4.98 Å². The number of hydrogen-bond acceptors (Lipinski definition) is 3. The van der Waals surface area contributed by atoms with E-state index in [1.807, 2.05) is 18.3 Å². The summed E-state index contributed by atoms with van der Waals surface area (Å²) in [7, 11) is 0. The zero-order valence-corrected chi connectivity index (χ0v) is 11.8. The van der Waals surface area contributed by atoms with Gasteiger partial charge < -0.3 is 10.1 Å². The van der Waals surface area contributed by atoms with Crippen LogP contribution in [0.3, 0.4) is 0 Å². The van der Waals surface area contributed by atoms with Crippen LogP contribution in [-0.4, -0.2) is 18.1 Å². The van der Waals surface area contributed by atoms with Crippen molar-refractivity contribution >= 4 is 0 Å². The van der Waals surface area contributed by atoms with Crippen LogP contribution >= 0.6 is 0 Å². The van der Waals surface area contributed by atoms with E-state index < -0.39 is 0 Å². The Bertz CT molecular complexity index is 568. The first-order valence-electron chi connectivity index (χ1n) is 7.28. The second kappa shape index (κ2) is 6.06. The first-order valence-corrected chi connectivity index (χ1v) is 7.28. The van der Waals surface area contributed by atoms with Gasteiger partial charge in [-0.15, -0.1) is 0 Å². The number of fused-ring (bicyclic) bond motifs is 1. The second-order valence-corrected chi connectivity index (χ2v) is 5.11. The van der Waals surface area contributed by atoms with Crippen molar-refractivity contribution in [3.05, 3.63) is 59.4 Å². The SMILES string of the molecule is CCCNC(c1ccc2c(c1)CCO2)c1ccccn1. The third-order valence-electron chi connectivity index (χ3n) is 3.63. The molecule has 20 heavy (non-hydrogen) atoms. The van der Waals surface area contributed by atoms with E-state index in [-0.39, 0.29) is 6.04 Å². The number of hydrogen-bond donors (Lipinski definition) is 1. The highest BCUT2D eigenvalue weighted by atomic mass is 16.5. The molecule has 2 heterocycles. The number of aromatic nitrogens is 1. The van der Waals surface area contributed by atoms with Crippen LogP contribution < -0.4 is 10.1 Å². The molecule has 0 bridgehead atoms. The summed E-state index contributed by atoms with van der Waals surface area (Å²) in [5.74, 6) is 1.03. The molecule has 0 saturated carbocycles. The molecule has 1 N–H and O–H groups in total. The molecule has 1 atom stereocenters. The maximum atomic E-state index is 5.58. The number of nitrogens with one attached hydrogen (secondary N) is 1. The molecule has 3 rings (SSSR count). The van der Waals surface area contributed by atoms with Crippen LogP contribution in [0.15, 0.2) is 42.6 Å². The third kappa shape index (κ3) is 2.68. The molecule has 0 spiro atoms. The van der Waals surface area contributed by atoms with Crippen molar-refractivity contribution < 1.29 is 4.74 Å². The van der Waals surface area contributed by atoms with Crippen molar-refractivity contribution in [2.45, 2.75) is 25.8 Å². The van der Waals surface area contributed by atoms with Crippen LogP contribution in [0.4, 0.5) is 0 Å². The average Bonchev–Trinajstić information content (AvgIpc) is 2.96. The van der Waals surface area contributed by atoms with Gasteiger partial charge >= 0.3 is 0 Å². The standard InChI is InChI=1S/C17H20N2O/c1-2-9-19-17(15-5-3-4-10-18-15)14-6-7-16-13(12-14)8-11-20-16/h3-7,10,12,17,19H,2,8-9,11H2,1H3. The summed E-state index contributed by atoms with van der Waals surface area (Å²) in [6, 6.07) is 12.7. The van der Waals surface area contributed by atoms with Gasteiger partial charge in [-0.05, 0) is 42.3 Å². The fourth-order valence-electron chi connectivity index (χ4n) is 2.61. The predicted octanol–water partition coefficient (Wildman–Crippen LogP) is 3.11. The van der Waals surface area contributed by atoms with E-state index >= 15 is 0 Å². The first-order chi connectivity index (χ1) is 9.88. The van der Waals surface area contributed by atoms with E-state index in [9.17, 15) is 0 Å². The normalized spacial score (nSPS) is 14.7. The van der Waals surface area contributed by atoms with Crippen molar-refractivity contribution in [2.75, 3.05) is 13.2 Å². The summed E-state index contributed by atoms with van der Waals surface area (Å²) < 4.78 is 5.58. The molecule has 1 aromatic heterocycles. The summed E-state index contributed by atoms with van der Waals surface area (Å²) in [6.07, 6.45) is 3.97. The number of benzene rings is 1. The average molecular weight is 268 g/mol. The molecule has 1 unspecified atom stereocenters. The third-order valence-corrected chi connectivity index (χ3v) is 3.63. The van der Waals surface area contributed by atoms with E-state index in [0.29, 0.717) is 0 Å². The highest BCUT2D eigenvalue weighted by molar-refractivity contribution is 5.42. The minimum absolute atomic E-state index is 0.155. The van der Waals surface area contributed by atoms with Gasteiger partial charge in [0.05, 0.1) is 18.3 Å². The molecular formula is C17H20N2O. The Labute approximate surface area is 120 Å². The maximum Gasteiger partial charge on any atom is 0.122 e. The number of rotatable bonds is 5.